The Hall–Kier alpha value is -2.50. The van der Waals surface area contributed by atoms with Crippen LogP contribution in [0.2, 0.25) is 0 Å². The molecule has 0 fully saturated rings. The van der Waals surface area contributed by atoms with Crippen molar-refractivity contribution in [3.63, 3.8) is 0 Å². The first-order valence-corrected chi connectivity index (χ1v) is 11.4. The van der Waals surface area contributed by atoms with Crippen LogP contribution in [0.15, 0.2) is 81.7 Å². The topological polar surface area (TPSA) is 13.1 Å². The summed E-state index contributed by atoms with van der Waals surface area (Å²) in [6.07, 6.45) is 0. The van der Waals surface area contributed by atoms with E-state index >= 15 is 0 Å². The number of nitrogens with zero attached hydrogens (tertiary/aromatic N) is 3. The lowest BCUT2D eigenvalue weighted by Gasteiger charge is -2.27. The van der Waals surface area contributed by atoms with E-state index in [4.69, 9.17) is 0 Å². The summed E-state index contributed by atoms with van der Waals surface area (Å²) in [5.41, 5.74) is 4.72. The average molecular weight is 523 g/mol. The molecule has 0 saturated heterocycles. The molecule has 0 bridgehead atoms. The van der Waals surface area contributed by atoms with E-state index in [0.717, 1.165) is 26.3 Å². The van der Waals surface area contributed by atoms with Crippen LogP contribution in [-0.4, -0.2) is 9.13 Å². The molecule has 0 saturated carbocycles. The van der Waals surface area contributed by atoms with Gasteiger partial charge in [0.05, 0.1) is 20.0 Å². The predicted octanol–water partition coefficient (Wildman–Crippen LogP) is 7.97. The van der Waals surface area contributed by atoms with Gasteiger partial charge in [0.25, 0.3) is 0 Å². The Labute approximate surface area is 192 Å². The highest BCUT2D eigenvalue weighted by Gasteiger charge is 2.27. The fourth-order valence-corrected chi connectivity index (χ4v) is 5.76. The van der Waals surface area contributed by atoms with Gasteiger partial charge in [-0.2, -0.15) is 0 Å². The molecule has 0 aliphatic rings. The molecule has 0 amide bonds. The Morgan fingerprint density at radius 2 is 1.07 bits per heavy atom. The molecule has 2 heterocycles. The fraction of sp³-hybridized carbons (Fsp3) is 0.120. The van der Waals surface area contributed by atoms with Gasteiger partial charge in [0, 0.05) is 30.6 Å². The molecule has 5 heteroatoms. The van der Waals surface area contributed by atoms with E-state index in [1.807, 2.05) is 0 Å². The minimum absolute atomic E-state index is 1.08. The van der Waals surface area contributed by atoms with Crippen molar-refractivity contribution in [2.45, 2.75) is 6.92 Å². The van der Waals surface area contributed by atoms with Gasteiger partial charge in [0.1, 0.15) is 11.6 Å². The van der Waals surface area contributed by atoms with Gasteiger partial charge in [-0.05, 0) is 63.0 Å². The van der Waals surface area contributed by atoms with Crippen molar-refractivity contribution in [2.24, 2.45) is 14.1 Å². The summed E-state index contributed by atoms with van der Waals surface area (Å²) in [7, 11) is 4.25. The van der Waals surface area contributed by atoms with Crippen LogP contribution in [0.4, 0.5) is 17.3 Å². The minimum atomic E-state index is 1.08. The Balaban J connectivity index is 1.89. The Morgan fingerprint density at radius 1 is 0.633 bits per heavy atom. The first-order valence-electron chi connectivity index (χ1n) is 9.81. The van der Waals surface area contributed by atoms with Crippen molar-refractivity contribution in [3.05, 3.63) is 87.3 Å². The maximum Gasteiger partial charge on any atom is 0.134 e. The van der Waals surface area contributed by atoms with Gasteiger partial charge in [-0.3, -0.25) is 4.90 Å². The van der Waals surface area contributed by atoms with Gasteiger partial charge >= 0.3 is 0 Å². The van der Waals surface area contributed by atoms with Crippen molar-refractivity contribution in [2.75, 3.05) is 4.90 Å². The third-order valence-corrected chi connectivity index (χ3v) is 7.31. The molecule has 3 nitrogen and oxygen atoms in total. The van der Waals surface area contributed by atoms with Crippen molar-refractivity contribution in [1.82, 2.24) is 9.13 Å². The maximum atomic E-state index is 3.92. The van der Waals surface area contributed by atoms with Crippen LogP contribution < -0.4 is 4.90 Å². The molecule has 0 spiro atoms. The predicted molar refractivity (Wildman–Crippen MR) is 134 cm³/mol. The number of aromatic nitrogens is 2. The molecule has 0 radical (unpaired) electrons. The Bertz CT molecular complexity index is 1230. The van der Waals surface area contributed by atoms with Crippen molar-refractivity contribution < 1.29 is 0 Å². The lowest BCUT2D eigenvalue weighted by Crippen LogP contribution is -2.17. The molecular weight excluding hydrogens is 502 g/mol. The molecule has 2 aromatic heterocycles. The Morgan fingerprint density at radius 3 is 1.50 bits per heavy atom. The lowest BCUT2D eigenvalue weighted by atomic mass is 10.2. The normalized spacial score (nSPS) is 11.5. The molecular formula is C25H21Br2N3. The van der Waals surface area contributed by atoms with Crippen LogP contribution in [0.1, 0.15) is 5.56 Å². The highest BCUT2D eigenvalue weighted by molar-refractivity contribution is 9.11. The van der Waals surface area contributed by atoms with Gasteiger partial charge in [-0.25, -0.2) is 0 Å². The SMILES string of the molecule is Cc1ccc(N(c2c(Br)c3ccccc3n2C)c2c(Br)c3ccccc3n2C)cc1. The van der Waals surface area contributed by atoms with Crippen molar-refractivity contribution >= 4 is 71.0 Å². The maximum absolute atomic E-state index is 3.92. The van der Waals surface area contributed by atoms with Crippen LogP contribution in [0.3, 0.4) is 0 Å². The van der Waals surface area contributed by atoms with E-state index in [9.17, 15) is 0 Å². The molecule has 30 heavy (non-hydrogen) atoms. The third kappa shape index (κ3) is 2.83. The van der Waals surface area contributed by atoms with Crippen LogP contribution >= 0.6 is 31.9 Å². The van der Waals surface area contributed by atoms with Crippen LogP contribution in [0.25, 0.3) is 21.8 Å². The van der Waals surface area contributed by atoms with Crippen molar-refractivity contribution in [3.8, 4) is 0 Å². The molecule has 0 aliphatic carbocycles. The average Bonchev–Trinajstić information content (AvgIpc) is 3.17. The number of anilines is 3. The standard InChI is InChI=1S/C25H21Br2N3/c1-16-12-14-17(15-13-16)30(24-22(26)18-8-4-6-10-20(18)28(24)2)25-23(27)19-9-5-7-11-21(19)29(25)3/h4-15H,1-3H3. The van der Waals surface area contributed by atoms with E-state index in [-0.39, 0.29) is 0 Å². The molecule has 0 aliphatic heterocycles. The van der Waals surface area contributed by atoms with Crippen LogP contribution in [0.5, 0.6) is 0 Å². The van der Waals surface area contributed by atoms with E-state index in [1.165, 1.54) is 27.4 Å². The number of aryl methyl sites for hydroxylation is 3. The number of rotatable bonds is 3. The van der Waals surface area contributed by atoms with Gasteiger partial charge in [-0.15, -0.1) is 0 Å². The minimum Gasteiger partial charge on any atom is -0.329 e. The van der Waals surface area contributed by atoms with Crippen LogP contribution in [-0.2, 0) is 14.1 Å². The fourth-order valence-electron chi connectivity index (χ4n) is 4.20. The monoisotopic (exact) mass is 521 g/mol. The summed E-state index contributed by atoms with van der Waals surface area (Å²) >= 11 is 7.84. The lowest BCUT2D eigenvalue weighted by molar-refractivity contribution is 0.899. The van der Waals surface area contributed by atoms with E-state index in [0.29, 0.717) is 0 Å². The Kier molecular flexibility index (Phi) is 4.75. The number of benzene rings is 3. The number of para-hydroxylation sites is 2. The van der Waals surface area contributed by atoms with E-state index in [1.54, 1.807) is 0 Å². The molecule has 5 aromatic rings. The third-order valence-electron chi connectivity index (χ3n) is 5.75. The largest absolute Gasteiger partial charge is 0.329 e. The second-order valence-corrected chi connectivity index (χ2v) is 9.18. The number of hydrogen-bond donors (Lipinski definition) is 0. The number of fused-ring (bicyclic) bond motifs is 2. The molecule has 0 unspecified atom stereocenters. The van der Waals surface area contributed by atoms with Crippen LogP contribution in [0, 0.1) is 6.92 Å². The van der Waals surface area contributed by atoms with Gasteiger partial charge in [0.2, 0.25) is 0 Å². The summed E-state index contributed by atoms with van der Waals surface area (Å²) in [5, 5.41) is 2.39. The van der Waals surface area contributed by atoms with E-state index in [2.05, 4.69) is 140 Å². The second kappa shape index (κ2) is 7.33. The smallest absolute Gasteiger partial charge is 0.134 e. The van der Waals surface area contributed by atoms with Gasteiger partial charge in [-0.1, -0.05) is 54.1 Å². The summed E-state index contributed by atoms with van der Waals surface area (Å²) in [6.45, 7) is 2.12. The zero-order valence-corrected chi connectivity index (χ0v) is 20.2. The van der Waals surface area contributed by atoms with E-state index < -0.39 is 0 Å². The molecule has 0 N–H and O–H groups in total. The highest BCUT2D eigenvalue weighted by atomic mass is 79.9. The first-order chi connectivity index (χ1) is 14.5. The summed E-state index contributed by atoms with van der Waals surface area (Å²) in [4.78, 5) is 2.33. The molecule has 150 valence electrons. The quantitative estimate of drug-likeness (QED) is 0.234. The number of hydrogen-bond acceptors (Lipinski definition) is 1. The zero-order chi connectivity index (χ0) is 21.0. The molecule has 3 aromatic carbocycles. The number of halogens is 2. The molecule has 0 atom stereocenters. The zero-order valence-electron chi connectivity index (χ0n) is 17.0. The second-order valence-electron chi connectivity index (χ2n) is 7.60. The van der Waals surface area contributed by atoms with Crippen molar-refractivity contribution in [1.29, 1.82) is 0 Å². The highest BCUT2D eigenvalue weighted by Crippen LogP contribution is 2.48. The van der Waals surface area contributed by atoms with Gasteiger partial charge < -0.3 is 9.13 Å². The van der Waals surface area contributed by atoms with Gasteiger partial charge in [0.15, 0.2) is 0 Å². The summed E-state index contributed by atoms with van der Waals surface area (Å²) < 4.78 is 6.67. The summed E-state index contributed by atoms with van der Waals surface area (Å²) in [5.74, 6) is 2.18. The molecule has 5 rings (SSSR count). The first kappa shape index (κ1) is 19.5. The summed E-state index contributed by atoms with van der Waals surface area (Å²) in [6, 6.07) is 25.7.